The molecule has 0 atom stereocenters. The first-order chi connectivity index (χ1) is 11.5. The molecule has 0 aliphatic heterocycles. The summed E-state index contributed by atoms with van der Waals surface area (Å²) < 4.78 is 0. The third-order valence-electron chi connectivity index (χ3n) is 4.57. The van der Waals surface area contributed by atoms with Gasteiger partial charge in [-0.25, -0.2) is 0 Å². The van der Waals surface area contributed by atoms with Crippen molar-refractivity contribution < 1.29 is 0 Å². The van der Waals surface area contributed by atoms with Crippen molar-refractivity contribution in [2.75, 3.05) is 0 Å². The summed E-state index contributed by atoms with van der Waals surface area (Å²) in [5, 5.41) is 4.97. The summed E-state index contributed by atoms with van der Waals surface area (Å²) in [6.07, 6.45) is 0. The summed E-state index contributed by atoms with van der Waals surface area (Å²) in [7, 11) is 0. The number of hydrogen-bond donors (Lipinski definition) is 0. The summed E-state index contributed by atoms with van der Waals surface area (Å²) in [5.74, 6) is 0. The number of benzene rings is 4. The minimum atomic E-state index is 0.0589. The van der Waals surface area contributed by atoms with Crippen molar-refractivity contribution in [2.24, 2.45) is 0 Å². The fourth-order valence-corrected chi connectivity index (χ4v) is 3.21. The van der Waals surface area contributed by atoms with Crippen LogP contribution >= 0.6 is 0 Å². The van der Waals surface area contributed by atoms with Gasteiger partial charge in [0.2, 0.25) is 0 Å². The summed E-state index contributed by atoms with van der Waals surface area (Å²) >= 11 is 0. The molecule has 0 bridgehead atoms. The molecule has 0 saturated carbocycles. The van der Waals surface area contributed by atoms with Crippen LogP contribution < -0.4 is 0 Å². The van der Waals surface area contributed by atoms with Crippen LogP contribution in [0.5, 0.6) is 0 Å². The second-order valence-electron chi connectivity index (χ2n) is 7.34. The second-order valence-corrected chi connectivity index (χ2v) is 7.34. The van der Waals surface area contributed by atoms with Crippen molar-refractivity contribution in [1.82, 2.24) is 0 Å². The van der Waals surface area contributed by atoms with Crippen molar-refractivity contribution in [3.63, 3.8) is 0 Å². The maximum absolute atomic E-state index is 3.70. The highest BCUT2D eigenvalue weighted by molar-refractivity contribution is 6.05. The Balaban J connectivity index is 2.12. The van der Waals surface area contributed by atoms with E-state index in [1.165, 1.54) is 27.1 Å². The predicted molar refractivity (Wildman–Crippen MR) is 103 cm³/mol. The average Bonchev–Trinajstić information content (AvgIpc) is 2.59. The van der Waals surface area contributed by atoms with Gasteiger partial charge in [-0.2, -0.15) is 0 Å². The zero-order valence-electron chi connectivity index (χ0n) is 14.4. The van der Waals surface area contributed by atoms with Crippen molar-refractivity contribution in [3.05, 3.63) is 84.4 Å². The van der Waals surface area contributed by atoms with Crippen LogP contribution in [0, 0.1) is 12.1 Å². The summed E-state index contributed by atoms with van der Waals surface area (Å²) in [6, 6.07) is 30.7. The lowest BCUT2D eigenvalue weighted by Crippen LogP contribution is -2.11. The minimum absolute atomic E-state index is 0.0589. The van der Waals surface area contributed by atoms with Crippen LogP contribution in [0.2, 0.25) is 0 Å². The molecular weight excluding hydrogens is 288 g/mol. The van der Waals surface area contributed by atoms with E-state index < -0.39 is 0 Å². The van der Waals surface area contributed by atoms with E-state index in [0.717, 1.165) is 11.1 Å². The van der Waals surface area contributed by atoms with Crippen LogP contribution in [0.4, 0.5) is 0 Å². The molecule has 0 spiro atoms. The Labute approximate surface area is 143 Å². The summed E-state index contributed by atoms with van der Waals surface area (Å²) in [4.78, 5) is 0. The number of hydrogen-bond acceptors (Lipinski definition) is 0. The molecule has 0 N–H and O–H groups in total. The molecule has 116 valence electrons. The molecule has 0 saturated heterocycles. The Hall–Kier alpha value is -2.60. The van der Waals surface area contributed by atoms with Crippen LogP contribution in [0.25, 0.3) is 32.7 Å². The van der Waals surface area contributed by atoms with Crippen LogP contribution in [0.1, 0.15) is 26.3 Å². The first-order valence-corrected chi connectivity index (χ1v) is 8.39. The van der Waals surface area contributed by atoms with E-state index in [-0.39, 0.29) is 5.41 Å². The van der Waals surface area contributed by atoms with E-state index in [4.69, 9.17) is 0 Å². The summed E-state index contributed by atoms with van der Waals surface area (Å²) in [6.45, 7) is 6.72. The third-order valence-corrected chi connectivity index (χ3v) is 4.57. The van der Waals surface area contributed by atoms with Gasteiger partial charge in [-0.15, -0.1) is 0 Å². The molecule has 0 fully saturated rings. The average molecular weight is 308 g/mol. The van der Waals surface area contributed by atoms with Crippen molar-refractivity contribution >= 4 is 21.5 Å². The van der Waals surface area contributed by atoms with E-state index in [9.17, 15) is 0 Å². The molecule has 0 unspecified atom stereocenters. The molecule has 4 aromatic rings. The molecule has 0 aromatic heterocycles. The highest BCUT2D eigenvalue weighted by Gasteiger charge is 2.18. The normalized spacial score (nSPS) is 12.0. The molecule has 2 radical (unpaired) electrons. The fourth-order valence-electron chi connectivity index (χ4n) is 3.21. The van der Waals surface area contributed by atoms with E-state index in [0.29, 0.717) is 0 Å². The van der Waals surface area contributed by atoms with E-state index in [1.807, 2.05) is 6.07 Å². The van der Waals surface area contributed by atoms with Crippen molar-refractivity contribution in [2.45, 2.75) is 26.2 Å². The Bertz CT molecular complexity index is 1030. The molecule has 0 aliphatic carbocycles. The van der Waals surface area contributed by atoms with Gasteiger partial charge < -0.3 is 0 Å². The maximum atomic E-state index is 3.70. The lowest BCUT2D eigenvalue weighted by atomic mass is 9.82. The van der Waals surface area contributed by atoms with Gasteiger partial charge in [-0.1, -0.05) is 81.4 Å². The van der Waals surface area contributed by atoms with Gasteiger partial charge in [-0.05, 0) is 61.8 Å². The highest BCUT2D eigenvalue weighted by atomic mass is 14.2. The largest absolute Gasteiger partial charge is 0.0616 e. The SMILES string of the molecule is CC(C)(C)c1[c]c(-c2[c]ccc3ccccc23)c2ccccc2c1. The van der Waals surface area contributed by atoms with Gasteiger partial charge in [0.15, 0.2) is 0 Å². The standard InChI is InChI=1S/C24H20/c1-24(2,3)19-15-18-10-5-7-13-21(18)23(16-19)22-14-8-11-17-9-4-6-12-20(17)22/h4-13,15H,1-3H3. The van der Waals surface area contributed by atoms with Crippen LogP contribution in [-0.4, -0.2) is 0 Å². The first-order valence-electron chi connectivity index (χ1n) is 8.39. The van der Waals surface area contributed by atoms with Gasteiger partial charge in [-0.3, -0.25) is 0 Å². The molecule has 0 aliphatic rings. The first kappa shape index (κ1) is 15.0. The molecule has 24 heavy (non-hydrogen) atoms. The molecule has 0 amide bonds. The fraction of sp³-hybridized carbons (Fsp3) is 0.167. The number of rotatable bonds is 1. The van der Waals surface area contributed by atoms with E-state index in [1.54, 1.807) is 0 Å². The van der Waals surface area contributed by atoms with Gasteiger partial charge in [0.05, 0.1) is 0 Å². The van der Waals surface area contributed by atoms with Gasteiger partial charge >= 0.3 is 0 Å². The molecule has 0 nitrogen and oxygen atoms in total. The third kappa shape index (κ3) is 2.49. The number of fused-ring (bicyclic) bond motifs is 2. The molecule has 4 aromatic carbocycles. The van der Waals surface area contributed by atoms with E-state index in [2.05, 4.69) is 93.6 Å². The van der Waals surface area contributed by atoms with Crippen LogP contribution in [0.3, 0.4) is 0 Å². The van der Waals surface area contributed by atoms with E-state index >= 15 is 0 Å². The maximum Gasteiger partial charge on any atom is -0.00110 e. The molecule has 0 heterocycles. The predicted octanol–water partition coefficient (Wildman–Crippen LogP) is 6.56. The Morgan fingerprint density at radius 3 is 2.04 bits per heavy atom. The molecular formula is C24H20. The lowest BCUT2D eigenvalue weighted by molar-refractivity contribution is 0.590. The van der Waals surface area contributed by atoms with Crippen LogP contribution in [0.15, 0.2) is 66.7 Å². The smallest absolute Gasteiger partial charge is 0.00110 e. The quantitative estimate of drug-likeness (QED) is 0.373. The highest BCUT2D eigenvalue weighted by Crippen LogP contribution is 2.36. The second kappa shape index (κ2) is 5.49. The Morgan fingerprint density at radius 2 is 1.33 bits per heavy atom. The van der Waals surface area contributed by atoms with Gasteiger partial charge in [0.25, 0.3) is 0 Å². The zero-order chi connectivity index (χ0) is 16.7. The Morgan fingerprint density at radius 1 is 0.708 bits per heavy atom. The monoisotopic (exact) mass is 308 g/mol. The van der Waals surface area contributed by atoms with Gasteiger partial charge in [0.1, 0.15) is 0 Å². The Kier molecular flexibility index (Phi) is 3.42. The van der Waals surface area contributed by atoms with Crippen molar-refractivity contribution in [1.29, 1.82) is 0 Å². The molecule has 0 heteroatoms. The zero-order valence-corrected chi connectivity index (χ0v) is 14.4. The topological polar surface area (TPSA) is 0 Å². The minimum Gasteiger partial charge on any atom is -0.0616 e. The molecule has 4 rings (SSSR count). The summed E-state index contributed by atoms with van der Waals surface area (Å²) in [5.41, 5.74) is 3.58. The van der Waals surface area contributed by atoms with Gasteiger partial charge in [0, 0.05) is 0 Å². The van der Waals surface area contributed by atoms with Crippen LogP contribution in [-0.2, 0) is 5.41 Å². The lowest BCUT2D eigenvalue weighted by Gasteiger charge is -2.21. The van der Waals surface area contributed by atoms with Crippen molar-refractivity contribution in [3.8, 4) is 11.1 Å².